The number of hydrogen-bond donors (Lipinski definition) is 3. The smallest absolute Gasteiger partial charge is 0.0962 e. The van der Waals surface area contributed by atoms with Gasteiger partial charge in [-0.3, -0.25) is 0 Å². The van der Waals surface area contributed by atoms with Gasteiger partial charge in [0.2, 0.25) is 0 Å². The summed E-state index contributed by atoms with van der Waals surface area (Å²) in [5.74, 6) is 0. The maximum absolute atomic E-state index is 10.1. The van der Waals surface area contributed by atoms with Crippen molar-refractivity contribution in [2.24, 2.45) is 0 Å². The molecule has 1 aliphatic rings. The average molecular weight is 192 g/mol. The van der Waals surface area contributed by atoms with Gasteiger partial charge in [0, 0.05) is 17.3 Å². The predicted octanol–water partition coefficient (Wildman–Crippen LogP) is 1.05. The van der Waals surface area contributed by atoms with Crippen LogP contribution in [-0.2, 0) is 0 Å². The third-order valence-corrected chi connectivity index (χ3v) is 2.79. The summed E-state index contributed by atoms with van der Waals surface area (Å²) in [7, 11) is 0. The molecule has 3 heteroatoms. The molecule has 1 saturated heterocycles. The Morgan fingerprint density at radius 2 is 2.21 bits per heavy atom. The van der Waals surface area contributed by atoms with E-state index in [-0.39, 0.29) is 6.04 Å². The molecule has 0 aromatic heterocycles. The van der Waals surface area contributed by atoms with Gasteiger partial charge in [-0.05, 0) is 25.5 Å². The van der Waals surface area contributed by atoms with E-state index in [0.29, 0.717) is 5.69 Å². The summed E-state index contributed by atoms with van der Waals surface area (Å²) in [6.45, 7) is 0.995. The maximum Gasteiger partial charge on any atom is 0.0962 e. The number of para-hydroxylation sites is 1. The standard InChI is InChI=1S/C11H16N2O/c12-9-5-2-1-4-8(9)11(14)10-6-3-7-13-10/h1-2,4-5,10-11,13-14H,3,6-7,12H2. The second-order valence-electron chi connectivity index (χ2n) is 3.78. The second kappa shape index (κ2) is 3.98. The summed E-state index contributed by atoms with van der Waals surface area (Å²) in [5.41, 5.74) is 7.32. The van der Waals surface area contributed by atoms with E-state index in [9.17, 15) is 5.11 Å². The lowest BCUT2D eigenvalue weighted by Crippen LogP contribution is -2.29. The van der Waals surface area contributed by atoms with Crippen LogP contribution in [-0.4, -0.2) is 17.7 Å². The minimum absolute atomic E-state index is 0.166. The lowest BCUT2D eigenvalue weighted by molar-refractivity contribution is 0.138. The largest absolute Gasteiger partial charge is 0.398 e. The molecule has 0 bridgehead atoms. The number of nitrogen functional groups attached to an aromatic ring is 1. The number of nitrogens with two attached hydrogens (primary N) is 1. The van der Waals surface area contributed by atoms with Gasteiger partial charge in [0.25, 0.3) is 0 Å². The van der Waals surface area contributed by atoms with Crippen LogP contribution in [0, 0.1) is 0 Å². The summed E-state index contributed by atoms with van der Waals surface area (Å²) in [5, 5.41) is 13.3. The molecule has 0 radical (unpaired) electrons. The lowest BCUT2D eigenvalue weighted by Gasteiger charge is -2.19. The SMILES string of the molecule is Nc1ccccc1C(O)C1CCCN1. The fraction of sp³-hybridized carbons (Fsp3) is 0.455. The minimum Gasteiger partial charge on any atom is -0.398 e. The van der Waals surface area contributed by atoms with Gasteiger partial charge >= 0.3 is 0 Å². The minimum atomic E-state index is -0.473. The van der Waals surface area contributed by atoms with E-state index in [4.69, 9.17) is 5.73 Å². The normalized spacial score (nSPS) is 23.6. The first kappa shape index (κ1) is 9.49. The van der Waals surface area contributed by atoms with Crippen molar-refractivity contribution >= 4 is 5.69 Å². The number of anilines is 1. The van der Waals surface area contributed by atoms with Gasteiger partial charge in [0.1, 0.15) is 0 Å². The second-order valence-corrected chi connectivity index (χ2v) is 3.78. The molecular formula is C11H16N2O. The molecule has 2 rings (SSSR count). The molecule has 2 unspecified atom stereocenters. The van der Waals surface area contributed by atoms with E-state index in [1.807, 2.05) is 24.3 Å². The number of rotatable bonds is 2. The molecule has 0 saturated carbocycles. The topological polar surface area (TPSA) is 58.3 Å². The Labute approximate surface area is 83.9 Å². The van der Waals surface area contributed by atoms with Crippen molar-refractivity contribution in [3.05, 3.63) is 29.8 Å². The zero-order valence-corrected chi connectivity index (χ0v) is 8.11. The van der Waals surface area contributed by atoms with Gasteiger partial charge in [-0.1, -0.05) is 18.2 Å². The van der Waals surface area contributed by atoms with Crippen molar-refractivity contribution in [1.82, 2.24) is 5.32 Å². The summed E-state index contributed by atoms with van der Waals surface area (Å²) in [6, 6.07) is 7.67. The monoisotopic (exact) mass is 192 g/mol. The molecule has 14 heavy (non-hydrogen) atoms. The van der Waals surface area contributed by atoms with Crippen molar-refractivity contribution < 1.29 is 5.11 Å². The van der Waals surface area contributed by atoms with Crippen LogP contribution in [0.3, 0.4) is 0 Å². The Kier molecular flexibility index (Phi) is 2.70. The summed E-state index contributed by atoms with van der Waals surface area (Å²) in [6.07, 6.45) is 1.68. The molecule has 0 aliphatic carbocycles. The first-order chi connectivity index (χ1) is 6.79. The number of aliphatic hydroxyl groups is 1. The highest BCUT2D eigenvalue weighted by Crippen LogP contribution is 2.26. The molecule has 1 fully saturated rings. The molecule has 0 spiro atoms. The molecule has 1 aliphatic heterocycles. The van der Waals surface area contributed by atoms with E-state index in [1.165, 1.54) is 0 Å². The molecule has 3 nitrogen and oxygen atoms in total. The Hall–Kier alpha value is -1.06. The average Bonchev–Trinajstić information content (AvgIpc) is 2.70. The van der Waals surface area contributed by atoms with Crippen LogP contribution in [0.25, 0.3) is 0 Å². The molecule has 0 amide bonds. The number of aliphatic hydroxyl groups excluding tert-OH is 1. The molecular weight excluding hydrogens is 176 g/mol. The highest BCUT2D eigenvalue weighted by atomic mass is 16.3. The van der Waals surface area contributed by atoms with E-state index in [1.54, 1.807) is 0 Å². The van der Waals surface area contributed by atoms with Crippen molar-refractivity contribution in [1.29, 1.82) is 0 Å². The third kappa shape index (κ3) is 1.74. The van der Waals surface area contributed by atoms with Gasteiger partial charge in [0.05, 0.1) is 6.10 Å². The van der Waals surface area contributed by atoms with Crippen LogP contribution < -0.4 is 11.1 Å². The van der Waals surface area contributed by atoms with Crippen molar-refractivity contribution in [3.63, 3.8) is 0 Å². The maximum atomic E-state index is 10.1. The lowest BCUT2D eigenvalue weighted by atomic mass is 10.00. The van der Waals surface area contributed by atoms with E-state index in [0.717, 1.165) is 24.9 Å². The van der Waals surface area contributed by atoms with E-state index >= 15 is 0 Å². The molecule has 2 atom stereocenters. The quantitative estimate of drug-likeness (QED) is 0.614. The van der Waals surface area contributed by atoms with Gasteiger partial charge in [-0.2, -0.15) is 0 Å². The molecule has 76 valence electrons. The van der Waals surface area contributed by atoms with Gasteiger partial charge in [-0.15, -0.1) is 0 Å². The van der Waals surface area contributed by atoms with Crippen LogP contribution in [0.1, 0.15) is 24.5 Å². The van der Waals surface area contributed by atoms with Crippen LogP contribution in [0.15, 0.2) is 24.3 Å². The zero-order valence-electron chi connectivity index (χ0n) is 8.11. The summed E-state index contributed by atoms with van der Waals surface area (Å²) < 4.78 is 0. The molecule has 4 N–H and O–H groups in total. The van der Waals surface area contributed by atoms with E-state index in [2.05, 4.69) is 5.32 Å². The van der Waals surface area contributed by atoms with Crippen molar-refractivity contribution in [2.45, 2.75) is 25.0 Å². The summed E-state index contributed by atoms with van der Waals surface area (Å²) >= 11 is 0. The van der Waals surface area contributed by atoms with E-state index < -0.39 is 6.10 Å². The highest BCUT2D eigenvalue weighted by Gasteiger charge is 2.24. The number of benzene rings is 1. The predicted molar refractivity (Wildman–Crippen MR) is 56.8 cm³/mol. The molecule has 1 aromatic rings. The highest BCUT2D eigenvalue weighted by molar-refractivity contribution is 5.48. The number of nitrogens with one attached hydrogen (secondary N) is 1. The fourth-order valence-electron chi connectivity index (χ4n) is 1.98. The van der Waals surface area contributed by atoms with Crippen molar-refractivity contribution in [2.75, 3.05) is 12.3 Å². The van der Waals surface area contributed by atoms with Crippen LogP contribution >= 0.6 is 0 Å². The Morgan fingerprint density at radius 1 is 1.43 bits per heavy atom. The van der Waals surface area contributed by atoms with Crippen LogP contribution in [0.5, 0.6) is 0 Å². The first-order valence-corrected chi connectivity index (χ1v) is 5.05. The summed E-state index contributed by atoms with van der Waals surface area (Å²) in [4.78, 5) is 0. The Morgan fingerprint density at radius 3 is 2.86 bits per heavy atom. The molecule has 1 aromatic carbocycles. The van der Waals surface area contributed by atoms with Crippen LogP contribution in [0.4, 0.5) is 5.69 Å². The fourth-order valence-corrected chi connectivity index (χ4v) is 1.98. The van der Waals surface area contributed by atoms with Gasteiger partial charge < -0.3 is 16.2 Å². The van der Waals surface area contributed by atoms with Gasteiger partial charge in [-0.25, -0.2) is 0 Å². The number of hydrogen-bond acceptors (Lipinski definition) is 3. The zero-order chi connectivity index (χ0) is 9.97. The van der Waals surface area contributed by atoms with Crippen LogP contribution in [0.2, 0.25) is 0 Å². The Balaban J connectivity index is 2.17. The Bertz CT molecular complexity index is 308. The van der Waals surface area contributed by atoms with Crippen molar-refractivity contribution in [3.8, 4) is 0 Å². The van der Waals surface area contributed by atoms with Gasteiger partial charge in [0.15, 0.2) is 0 Å². The molecule has 1 heterocycles. The third-order valence-electron chi connectivity index (χ3n) is 2.79. The first-order valence-electron chi connectivity index (χ1n) is 5.05.